The van der Waals surface area contributed by atoms with Crippen LogP contribution in [0.25, 0.3) is 11.3 Å². The Morgan fingerprint density at radius 2 is 2.11 bits per heavy atom. The number of pyridine rings is 1. The van der Waals surface area contributed by atoms with E-state index in [0.29, 0.717) is 12.4 Å². The number of anilines is 1. The SMILES string of the molecule is Nc1ccc(-c2cncn2Cc2cccnn2)cn1. The molecule has 0 aliphatic rings. The zero-order valence-corrected chi connectivity index (χ0v) is 10.1. The number of hydrogen-bond acceptors (Lipinski definition) is 5. The number of nitrogen functional groups attached to an aromatic ring is 1. The fourth-order valence-electron chi connectivity index (χ4n) is 1.84. The molecule has 3 rings (SSSR count). The van der Waals surface area contributed by atoms with E-state index in [1.807, 2.05) is 22.8 Å². The monoisotopic (exact) mass is 252 g/mol. The van der Waals surface area contributed by atoms with Gasteiger partial charge in [-0.25, -0.2) is 9.97 Å². The average molecular weight is 252 g/mol. The van der Waals surface area contributed by atoms with E-state index in [-0.39, 0.29) is 0 Å². The quantitative estimate of drug-likeness (QED) is 0.761. The van der Waals surface area contributed by atoms with Crippen molar-refractivity contribution in [3.63, 3.8) is 0 Å². The van der Waals surface area contributed by atoms with Gasteiger partial charge in [-0.15, -0.1) is 0 Å². The van der Waals surface area contributed by atoms with Crippen LogP contribution in [-0.4, -0.2) is 24.7 Å². The maximum absolute atomic E-state index is 5.59. The minimum Gasteiger partial charge on any atom is -0.384 e. The van der Waals surface area contributed by atoms with E-state index < -0.39 is 0 Å². The van der Waals surface area contributed by atoms with E-state index >= 15 is 0 Å². The number of nitrogens with zero attached hydrogens (tertiary/aromatic N) is 5. The largest absolute Gasteiger partial charge is 0.384 e. The molecule has 19 heavy (non-hydrogen) atoms. The second kappa shape index (κ2) is 4.85. The first-order chi connectivity index (χ1) is 9.33. The number of aromatic nitrogens is 5. The smallest absolute Gasteiger partial charge is 0.123 e. The molecule has 0 aromatic carbocycles. The van der Waals surface area contributed by atoms with Crippen molar-refractivity contribution in [2.75, 3.05) is 5.73 Å². The highest BCUT2D eigenvalue weighted by molar-refractivity contribution is 5.59. The van der Waals surface area contributed by atoms with Gasteiger partial charge >= 0.3 is 0 Å². The topological polar surface area (TPSA) is 82.5 Å². The van der Waals surface area contributed by atoms with Gasteiger partial charge < -0.3 is 10.3 Å². The standard InChI is InChI=1S/C13H12N6/c14-13-4-3-10(6-16-13)12-7-15-9-19(12)8-11-2-1-5-17-18-11/h1-7,9H,8H2,(H2,14,16). The van der Waals surface area contributed by atoms with Crippen LogP contribution in [-0.2, 0) is 6.54 Å². The Hall–Kier alpha value is -2.76. The third-order valence-electron chi connectivity index (χ3n) is 2.75. The third-order valence-corrected chi connectivity index (χ3v) is 2.75. The molecule has 0 spiro atoms. The fraction of sp³-hybridized carbons (Fsp3) is 0.0769. The maximum Gasteiger partial charge on any atom is 0.123 e. The van der Waals surface area contributed by atoms with E-state index in [9.17, 15) is 0 Å². The minimum absolute atomic E-state index is 0.503. The second-order valence-electron chi connectivity index (χ2n) is 4.09. The minimum atomic E-state index is 0.503. The van der Waals surface area contributed by atoms with Crippen molar-refractivity contribution in [2.45, 2.75) is 6.54 Å². The second-order valence-corrected chi connectivity index (χ2v) is 4.09. The summed E-state index contributed by atoms with van der Waals surface area (Å²) in [6.07, 6.45) is 6.95. The molecule has 3 heterocycles. The van der Waals surface area contributed by atoms with Gasteiger partial charge in [0, 0.05) is 18.0 Å². The molecule has 2 N–H and O–H groups in total. The molecule has 0 atom stereocenters. The summed E-state index contributed by atoms with van der Waals surface area (Å²) in [5, 5.41) is 7.93. The van der Waals surface area contributed by atoms with Crippen LogP contribution < -0.4 is 5.73 Å². The van der Waals surface area contributed by atoms with Crippen molar-refractivity contribution in [1.29, 1.82) is 0 Å². The first-order valence-corrected chi connectivity index (χ1v) is 5.81. The molecule has 0 saturated carbocycles. The Bertz CT molecular complexity index is 659. The van der Waals surface area contributed by atoms with Gasteiger partial charge in [-0.2, -0.15) is 10.2 Å². The summed E-state index contributed by atoms with van der Waals surface area (Å²) in [7, 11) is 0. The van der Waals surface area contributed by atoms with Gasteiger partial charge in [-0.1, -0.05) is 0 Å². The number of nitrogens with two attached hydrogens (primary N) is 1. The summed E-state index contributed by atoms with van der Waals surface area (Å²) in [5.41, 5.74) is 8.41. The molecule has 0 amide bonds. The van der Waals surface area contributed by atoms with Gasteiger partial charge in [0.2, 0.25) is 0 Å². The van der Waals surface area contributed by atoms with Gasteiger partial charge in [-0.3, -0.25) is 0 Å². The van der Waals surface area contributed by atoms with Crippen molar-refractivity contribution in [2.24, 2.45) is 0 Å². The normalized spacial score (nSPS) is 10.5. The van der Waals surface area contributed by atoms with Crippen LogP contribution in [0.1, 0.15) is 5.69 Å². The first-order valence-electron chi connectivity index (χ1n) is 5.81. The molecule has 0 bridgehead atoms. The molecule has 3 aromatic rings. The Morgan fingerprint density at radius 3 is 2.84 bits per heavy atom. The molecule has 0 unspecified atom stereocenters. The summed E-state index contributed by atoms with van der Waals surface area (Å²) in [6, 6.07) is 7.49. The Balaban J connectivity index is 1.92. The van der Waals surface area contributed by atoms with Crippen LogP contribution in [0, 0.1) is 0 Å². The summed E-state index contributed by atoms with van der Waals surface area (Å²) in [4.78, 5) is 8.26. The van der Waals surface area contributed by atoms with Gasteiger partial charge in [0.25, 0.3) is 0 Å². The number of hydrogen-bond donors (Lipinski definition) is 1. The lowest BCUT2D eigenvalue weighted by Crippen LogP contribution is -2.03. The zero-order chi connectivity index (χ0) is 13.1. The molecule has 6 nitrogen and oxygen atoms in total. The number of rotatable bonds is 3. The zero-order valence-electron chi connectivity index (χ0n) is 10.1. The highest BCUT2D eigenvalue weighted by atomic mass is 15.1. The van der Waals surface area contributed by atoms with E-state index in [1.54, 1.807) is 31.0 Å². The molecular weight excluding hydrogens is 240 g/mol. The Kier molecular flexibility index (Phi) is 2.89. The molecule has 0 aliphatic heterocycles. The molecule has 3 aromatic heterocycles. The first kappa shape index (κ1) is 11.3. The van der Waals surface area contributed by atoms with E-state index in [0.717, 1.165) is 17.0 Å². The van der Waals surface area contributed by atoms with Crippen LogP contribution in [0.5, 0.6) is 0 Å². The Morgan fingerprint density at radius 1 is 1.16 bits per heavy atom. The van der Waals surface area contributed by atoms with Crippen molar-refractivity contribution in [1.82, 2.24) is 24.7 Å². The van der Waals surface area contributed by atoms with Crippen LogP contribution in [0.4, 0.5) is 5.82 Å². The summed E-state index contributed by atoms with van der Waals surface area (Å²) in [5.74, 6) is 0.503. The molecule has 6 heteroatoms. The summed E-state index contributed by atoms with van der Waals surface area (Å²) >= 11 is 0. The molecule has 94 valence electrons. The number of imidazole rings is 1. The lowest BCUT2D eigenvalue weighted by molar-refractivity contribution is 0.758. The van der Waals surface area contributed by atoms with Crippen molar-refractivity contribution in [3.05, 3.63) is 54.9 Å². The summed E-state index contributed by atoms with van der Waals surface area (Å²) < 4.78 is 2.00. The van der Waals surface area contributed by atoms with Crippen molar-refractivity contribution < 1.29 is 0 Å². The molecule has 0 aliphatic carbocycles. The fourth-order valence-corrected chi connectivity index (χ4v) is 1.84. The molecule has 0 fully saturated rings. The third kappa shape index (κ3) is 2.42. The van der Waals surface area contributed by atoms with Crippen LogP contribution in [0.15, 0.2) is 49.2 Å². The van der Waals surface area contributed by atoms with E-state index in [4.69, 9.17) is 5.73 Å². The predicted octanol–water partition coefficient (Wildman–Crippen LogP) is 1.37. The van der Waals surface area contributed by atoms with Gasteiger partial charge in [-0.05, 0) is 24.3 Å². The molecule has 0 saturated heterocycles. The van der Waals surface area contributed by atoms with Gasteiger partial charge in [0.1, 0.15) is 5.82 Å². The lowest BCUT2D eigenvalue weighted by atomic mass is 10.2. The van der Waals surface area contributed by atoms with E-state index in [1.165, 1.54) is 0 Å². The van der Waals surface area contributed by atoms with E-state index in [2.05, 4.69) is 20.2 Å². The predicted molar refractivity (Wildman–Crippen MR) is 71.0 cm³/mol. The molecule has 0 radical (unpaired) electrons. The van der Waals surface area contributed by atoms with Crippen LogP contribution in [0.3, 0.4) is 0 Å². The Labute approximate surface area is 110 Å². The molecular formula is C13H12N6. The highest BCUT2D eigenvalue weighted by Crippen LogP contribution is 2.19. The lowest BCUT2D eigenvalue weighted by Gasteiger charge is -2.07. The van der Waals surface area contributed by atoms with Crippen molar-refractivity contribution >= 4 is 5.82 Å². The average Bonchev–Trinajstić information content (AvgIpc) is 2.89. The van der Waals surface area contributed by atoms with Gasteiger partial charge in [0.15, 0.2) is 0 Å². The summed E-state index contributed by atoms with van der Waals surface area (Å²) in [6.45, 7) is 0.619. The van der Waals surface area contributed by atoms with Gasteiger partial charge in [0.05, 0.1) is 30.5 Å². The van der Waals surface area contributed by atoms with Crippen LogP contribution in [0.2, 0.25) is 0 Å². The van der Waals surface area contributed by atoms with Crippen molar-refractivity contribution in [3.8, 4) is 11.3 Å². The van der Waals surface area contributed by atoms with Crippen LogP contribution >= 0.6 is 0 Å². The maximum atomic E-state index is 5.59. The highest BCUT2D eigenvalue weighted by Gasteiger charge is 2.06.